The highest BCUT2D eigenvalue weighted by atomic mass is 16.5. The smallest absolute Gasteiger partial charge is 0.247 e. The van der Waals surface area contributed by atoms with Crippen molar-refractivity contribution < 1.29 is 10.0 Å². The average Bonchev–Trinajstić information content (AvgIpc) is 2.16. The van der Waals surface area contributed by atoms with Crippen molar-refractivity contribution in [2.24, 2.45) is 0 Å². The van der Waals surface area contributed by atoms with Crippen LogP contribution in [0.15, 0.2) is 24.3 Å². The minimum Gasteiger partial charge on any atom is -0.281 e. The molecule has 1 amide bonds. The summed E-state index contributed by atoms with van der Waals surface area (Å²) in [6.45, 7) is 1.24. The lowest BCUT2D eigenvalue weighted by molar-refractivity contribution is -0.121. The Morgan fingerprint density at radius 1 is 1.62 bits per heavy atom. The van der Waals surface area contributed by atoms with Crippen molar-refractivity contribution in [1.29, 1.82) is 5.26 Å². The van der Waals surface area contributed by atoms with Crippen LogP contribution in [0.4, 0.5) is 5.69 Å². The summed E-state index contributed by atoms with van der Waals surface area (Å²) in [7, 11) is 0. The molecule has 0 atom stereocenters. The number of hydrogen-bond donors (Lipinski definition) is 1. The summed E-state index contributed by atoms with van der Waals surface area (Å²) < 4.78 is 0. The van der Waals surface area contributed by atoms with Gasteiger partial charge in [0.1, 0.15) is 0 Å². The monoisotopic (exact) mass is 176 g/mol. The van der Waals surface area contributed by atoms with Gasteiger partial charge in [-0.05, 0) is 18.2 Å². The van der Waals surface area contributed by atoms with Crippen LogP contribution < -0.4 is 5.06 Å². The third kappa shape index (κ3) is 2.04. The Hall–Kier alpha value is -1.86. The SMILES string of the molecule is CC(=O)N(O)c1cccc(C#N)c1. The van der Waals surface area contributed by atoms with Crippen LogP contribution in [0.3, 0.4) is 0 Å². The van der Waals surface area contributed by atoms with E-state index < -0.39 is 5.91 Å². The standard InChI is InChI=1S/C9H8N2O2/c1-7(12)11(13)9-4-2-3-8(5-9)6-10/h2-5,13H,1H3. The lowest BCUT2D eigenvalue weighted by Crippen LogP contribution is -2.23. The summed E-state index contributed by atoms with van der Waals surface area (Å²) in [5.41, 5.74) is 0.698. The van der Waals surface area contributed by atoms with Crippen molar-refractivity contribution in [2.75, 3.05) is 5.06 Å². The van der Waals surface area contributed by atoms with E-state index in [2.05, 4.69) is 0 Å². The Bertz CT molecular complexity index is 368. The highest BCUT2D eigenvalue weighted by Gasteiger charge is 2.07. The van der Waals surface area contributed by atoms with Gasteiger partial charge in [0.2, 0.25) is 5.91 Å². The highest BCUT2D eigenvalue weighted by Crippen LogP contribution is 2.13. The summed E-state index contributed by atoms with van der Waals surface area (Å²) in [4.78, 5) is 10.7. The van der Waals surface area contributed by atoms with E-state index in [4.69, 9.17) is 5.26 Å². The van der Waals surface area contributed by atoms with Crippen molar-refractivity contribution in [3.8, 4) is 6.07 Å². The molecule has 1 rings (SSSR count). The van der Waals surface area contributed by atoms with Crippen molar-refractivity contribution in [3.05, 3.63) is 29.8 Å². The molecule has 0 aliphatic rings. The zero-order valence-electron chi connectivity index (χ0n) is 7.06. The summed E-state index contributed by atoms with van der Waals surface area (Å²) in [6, 6.07) is 8.08. The molecule has 1 aromatic rings. The van der Waals surface area contributed by atoms with Crippen molar-refractivity contribution in [1.82, 2.24) is 0 Å². The van der Waals surface area contributed by atoms with E-state index in [1.165, 1.54) is 13.0 Å². The second kappa shape index (κ2) is 3.70. The molecular formula is C9H8N2O2. The molecule has 1 aromatic carbocycles. The molecule has 0 radical (unpaired) electrons. The maximum absolute atomic E-state index is 10.7. The number of nitriles is 1. The van der Waals surface area contributed by atoms with Crippen molar-refractivity contribution >= 4 is 11.6 Å². The fourth-order valence-electron chi connectivity index (χ4n) is 0.889. The van der Waals surface area contributed by atoms with Gasteiger partial charge in [-0.2, -0.15) is 10.3 Å². The van der Waals surface area contributed by atoms with E-state index in [9.17, 15) is 10.0 Å². The van der Waals surface area contributed by atoms with Crippen LogP contribution in [0.25, 0.3) is 0 Å². The number of carbonyl (C=O) groups excluding carboxylic acids is 1. The van der Waals surface area contributed by atoms with Gasteiger partial charge < -0.3 is 0 Å². The van der Waals surface area contributed by atoms with Gasteiger partial charge >= 0.3 is 0 Å². The number of hydrogen-bond acceptors (Lipinski definition) is 3. The van der Waals surface area contributed by atoms with Gasteiger partial charge in [0.15, 0.2) is 0 Å². The summed E-state index contributed by atoms with van der Waals surface area (Å²) in [5.74, 6) is -0.491. The highest BCUT2D eigenvalue weighted by molar-refractivity contribution is 5.89. The lowest BCUT2D eigenvalue weighted by atomic mass is 10.2. The van der Waals surface area contributed by atoms with E-state index in [0.717, 1.165) is 0 Å². The molecule has 0 aliphatic heterocycles. The Kier molecular flexibility index (Phi) is 2.62. The number of amides is 1. The minimum absolute atomic E-state index is 0.298. The first-order chi connectivity index (χ1) is 6.15. The molecule has 0 saturated carbocycles. The van der Waals surface area contributed by atoms with Crippen molar-refractivity contribution in [2.45, 2.75) is 6.92 Å². The fourth-order valence-corrected chi connectivity index (χ4v) is 0.889. The van der Waals surface area contributed by atoms with Crippen LogP contribution in [0.2, 0.25) is 0 Å². The first kappa shape index (κ1) is 9.23. The number of carbonyl (C=O) groups is 1. The largest absolute Gasteiger partial charge is 0.281 e. The molecule has 0 fully saturated rings. The molecule has 66 valence electrons. The maximum Gasteiger partial charge on any atom is 0.247 e. The first-order valence-electron chi connectivity index (χ1n) is 3.65. The minimum atomic E-state index is -0.491. The lowest BCUT2D eigenvalue weighted by Gasteiger charge is -2.11. The molecular weight excluding hydrogens is 168 g/mol. The topological polar surface area (TPSA) is 64.3 Å². The number of rotatable bonds is 1. The van der Waals surface area contributed by atoms with Crippen LogP contribution in [-0.2, 0) is 4.79 Å². The van der Waals surface area contributed by atoms with Crippen molar-refractivity contribution in [3.63, 3.8) is 0 Å². The third-order valence-corrected chi connectivity index (χ3v) is 1.52. The Morgan fingerprint density at radius 2 is 2.31 bits per heavy atom. The number of nitrogens with zero attached hydrogens (tertiary/aromatic N) is 2. The fraction of sp³-hybridized carbons (Fsp3) is 0.111. The predicted molar refractivity (Wildman–Crippen MR) is 46.1 cm³/mol. The van der Waals surface area contributed by atoms with E-state index in [1.54, 1.807) is 18.2 Å². The van der Waals surface area contributed by atoms with Gasteiger partial charge in [-0.1, -0.05) is 6.07 Å². The molecule has 4 heteroatoms. The number of benzene rings is 1. The van der Waals surface area contributed by atoms with Gasteiger partial charge in [-0.3, -0.25) is 10.0 Å². The Morgan fingerprint density at radius 3 is 2.85 bits per heavy atom. The molecule has 13 heavy (non-hydrogen) atoms. The second-order valence-electron chi connectivity index (χ2n) is 2.49. The number of anilines is 1. The van der Waals surface area contributed by atoms with Gasteiger partial charge in [0, 0.05) is 6.92 Å². The summed E-state index contributed by atoms with van der Waals surface area (Å²) in [5, 5.41) is 18.2. The Balaban J connectivity index is 3.03. The summed E-state index contributed by atoms with van der Waals surface area (Å²) in [6.07, 6.45) is 0. The van der Waals surface area contributed by atoms with Crippen LogP contribution >= 0.6 is 0 Å². The molecule has 4 nitrogen and oxygen atoms in total. The van der Waals surface area contributed by atoms with Crippen LogP contribution in [0.1, 0.15) is 12.5 Å². The molecule has 0 aliphatic carbocycles. The van der Waals surface area contributed by atoms with Gasteiger partial charge in [0.05, 0.1) is 17.3 Å². The number of hydroxylamine groups is 1. The molecule has 0 bridgehead atoms. The normalized spacial score (nSPS) is 9.00. The molecule has 0 heterocycles. The van der Waals surface area contributed by atoms with Gasteiger partial charge in [0.25, 0.3) is 0 Å². The molecule has 0 aromatic heterocycles. The average molecular weight is 176 g/mol. The first-order valence-corrected chi connectivity index (χ1v) is 3.65. The van der Waals surface area contributed by atoms with E-state index in [1.807, 2.05) is 6.07 Å². The van der Waals surface area contributed by atoms with Gasteiger partial charge in [-0.15, -0.1) is 0 Å². The van der Waals surface area contributed by atoms with E-state index >= 15 is 0 Å². The maximum atomic E-state index is 10.7. The third-order valence-electron chi connectivity index (χ3n) is 1.52. The Labute approximate surface area is 75.6 Å². The summed E-state index contributed by atoms with van der Waals surface area (Å²) >= 11 is 0. The van der Waals surface area contributed by atoms with E-state index in [0.29, 0.717) is 16.3 Å². The molecule has 0 unspecified atom stereocenters. The molecule has 0 spiro atoms. The van der Waals surface area contributed by atoms with Gasteiger partial charge in [-0.25, -0.2) is 0 Å². The van der Waals surface area contributed by atoms with E-state index in [-0.39, 0.29) is 0 Å². The zero-order chi connectivity index (χ0) is 9.84. The predicted octanol–water partition coefficient (Wildman–Crippen LogP) is 1.30. The molecule has 0 saturated heterocycles. The van der Waals surface area contributed by atoms with Crippen LogP contribution in [0, 0.1) is 11.3 Å². The second-order valence-corrected chi connectivity index (χ2v) is 2.49. The zero-order valence-corrected chi connectivity index (χ0v) is 7.06. The molecule has 1 N–H and O–H groups in total. The van der Waals surface area contributed by atoms with Crippen LogP contribution in [0.5, 0.6) is 0 Å². The van der Waals surface area contributed by atoms with Crippen LogP contribution in [-0.4, -0.2) is 11.1 Å². The quantitative estimate of drug-likeness (QED) is 0.518.